The van der Waals surface area contributed by atoms with Crippen LogP contribution in [0.25, 0.3) is 0 Å². The van der Waals surface area contributed by atoms with Crippen LogP contribution in [0.5, 0.6) is 5.75 Å². The van der Waals surface area contributed by atoms with Crippen molar-refractivity contribution in [3.05, 3.63) is 65.2 Å². The fraction of sp³-hybridized carbons (Fsp3) is 0.417. The lowest BCUT2D eigenvalue weighted by molar-refractivity contribution is -0.128. The third-order valence-electron chi connectivity index (χ3n) is 5.02. The number of rotatable bonds is 9. The Morgan fingerprint density at radius 3 is 2.65 bits per heavy atom. The molecule has 31 heavy (non-hydrogen) atoms. The van der Waals surface area contributed by atoms with Gasteiger partial charge in [0.15, 0.2) is 5.96 Å². The number of benzene rings is 2. The number of hydrogen-bond donors (Lipinski definition) is 2. The number of guanidine groups is 1. The number of nitrogens with zero attached hydrogens (tertiary/aromatic N) is 2. The number of aliphatic imine (C=N–C) groups is 1. The molecule has 1 heterocycles. The first-order chi connectivity index (χ1) is 14.7. The molecule has 0 atom stereocenters. The van der Waals surface area contributed by atoms with Crippen LogP contribution in [-0.2, 0) is 24.4 Å². The molecule has 2 aromatic rings. The zero-order chi connectivity index (χ0) is 21.2. The number of hydrogen-bond acceptors (Lipinski definition) is 3. The molecule has 1 aliphatic heterocycles. The minimum atomic E-state index is 0. The maximum Gasteiger partial charge on any atom is 0.222 e. The Morgan fingerprint density at radius 2 is 1.90 bits per heavy atom. The van der Waals surface area contributed by atoms with Crippen LogP contribution in [-0.4, -0.2) is 36.5 Å². The molecule has 2 N–H and O–H groups in total. The second-order valence-electron chi connectivity index (χ2n) is 7.33. The number of carbonyl (C=O) groups excluding carboxylic acids is 1. The van der Waals surface area contributed by atoms with E-state index in [2.05, 4.69) is 41.8 Å². The minimum absolute atomic E-state index is 0. The number of ether oxygens (including phenoxy) is 1. The van der Waals surface area contributed by atoms with Crippen LogP contribution in [0.2, 0.25) is 0 Å². The summed E-state index contributed by atoms with van der Waals surface area (Å²) in [6, 6.07) is 16.4. The van der Waals surface area contributed by atoms with Crippen molar-refractivity contribution < 1.29 is 9.53 Å². The third-order valence-corrected chi connectivity index (χ3v) is 5.02. The average molecular weight is 536 g/mol. The third kappa shape index (κ3) is 7.72. The number of amides is 1. The summed E-state index contributed by atoms with van der Waals surface area (Å²) in [5.74, 6) is 1.92. The zero-order valence-corrected chi connectivity index (χ0v) is 20.7. The van der Waals surface area contributed by atoms with E-state index in [9.17, 15) is 4.79 Å². The number of carbonyl (C=O) groups is 1. The second kappa shape index (κ2) is 13.2. The molecular weight excluding hydrogens is 503 g/mol. The van der Waals surface area contributed by atoms with E-state index in [0.717, 1.165) is 47.9 Å². The van der Waals surface area contributed by atoms with Gasteiger partial charge in [0.05, 0.1) is 13.2 Å². The van der Waals surface area contributed by atoms with Gasteiger partial charge in [0.2, 0.25) is 5.91 Å². The Morgan fingerprint density at radius 1 is 1.10 bits per heavy atom. The van der Waals surface area contributed by atoms with Gasteiger partial charge in [0.25, 0.3) is 0 Å². The summed E-state index contributed by atoms with van der Waals surface area (Å²) in [5.41, 5.74) is 3.38. The van der Waals surface area contributed by atoms with E-state index in [1.165, 1.54) is 0 Å². The molecule has 1 fully saturated rings. The smallest absolute Gasteiger partial charge is 0.222 e. The van der Waals surface area contributed by atoms with E-state index in [1.807, 2.05) is 36.1 Å². The maximum atomic E-state index is 11.9. The van der Waals surface area contributed by atoms with E-state index < -0.39 is 0 Å². The van der Waals surface area contributed by atoms with Crippen LogP contribution in [0.3, 0.4) is 0 Å². The number of para-hydroxylation sites is 1. The van der Waals surface area contributed by atoms with E-state index in [-0.39, 0.29) is 29.9 Å². The maximum absolute atomic E-state index is 11.9. The van der Waals surface area contributed by atoms with Crippen molar-refractivity contribution in [3.8, 4) is 5.75 Å². The Kier molecular flexibility index (Phi) is 10.6. The van der Waals surface area contributed by atoms with Gasteiger partial charge in [-0.2, -0.15) is 0 Å². The van der Waals surface area contributed by atoms with Gasteiger partial charge in [-0.15, -0.1) is 24.0 Å². The highest BCUT2D eigenvalue weighted by atomic mass is 127. The van der Waals surface area contributed by atoms with Gasteiger partial charge in [-0.25, -0.2) is 4.99 Å². The monoisotopic (exact) mass is 536 g/mol. The quantitative estimate of drug-likeness (QED) is 0.288. The normalized spacial score (nSPS) is 13.7. The van der Waals surface area contributed by atoms with Crippen molar-refractivity contribution in [1.82, 2.24) is 15.5 Å². The summed E-state index contributed by atoms with van der Waals surface area (Å²) in [4.78, 5) is 18.6. The van der Waals surface area contributed by atoms with Crippen LogP contribution < -0.4 is 15.4 Å². The van der Waals surface area contributed by atoms with Gasteiger partial charge < -0.3 is 20.3 Å². The van der Waals surface area contributed by atoms with Gasteiger partial charge in [0.1, 0.15) is 5.75 Å². The summed E-state index contributed by atoms with van der Waals surface area (Å²) in [7, 11) is 0. The minimum Gasteiger partial charge on any atom is -0.494 e. The van der Waals surface area contributed by atoms with E-state index in [0.29, 0.717) is 32.7 Å². The van der Waals surface area contributed by atoms with Gasteiger partial charge in [-0.05, 0) is 37.5 Å². The van der Waals surface area contributed by atoms with Gasteiger partial charge in [-0.3, -0.25) is 4.79 Å². The summed E-state index contributed by atoms with van der Waals surface area (Å²) in [6.45, 7) is 8.23. The second-order valence-corrected chi connectivity index (χ2v) is 7.33. The fourth-order valence-electron chi connectivity index (χ4n) is 3.56. The molecule has 0 aromatic heterocycles. The highest BCUT2D eigenvalue weighted by Crippen LogP contribution is 2.18. The van der Waals surface area contributed by atoms with Gasteiger partial charge in [-0.1, -0.05) is 42.5 Å². The van der Waals surface area contributed by atoms with Crippen LogP contribution >= 0.6 is 24.0 Å². The lowest BCUT2D eigenvalue weighted by Gasteiger charge is -2.16. The topological polar surface area (TPSA) is 66.0 Å². The van der Waals surface area contributed by atoms with Crippen LogP contribution in [0.15, 0.2) is 53.5 Å². The average Bonchev–Trinajstić information content (AvgIpc) is 3.16. The lowest BCUT2D eigenvalue weighted by atomic mass is 10.1. The molecule has 7 heteroatoms. The zero-order valence-electron chi connectivity index (χ0n) is 18.4. The van der Waals surface area contributed by atoms with Crippen molar-refractivity contribution in [2.24, 2.45) is 4.99 Å². The van der Waals surface area contributed by atoms with Crippen molar-refractivity contribution in [2.75, 3.05) is 19.7 Å². The first kappa shape index (κ1) is 25.0. The Bertz CT molecular complexity index is 872. The summed E-state index contributed by atoms with van der Waals surface area (Å²) >= 11 is 0. The molecule has 168 valence electrons. The highest BCUT2D eigenvalue weighted by molar-refractivity contribution is 14.0. The van der Waals surface area contributed by atoms with E-state index in [1.54, 1.807) is 0 Å². The Labute approximate surface area is 202 Å². The molecule has 2 aromatic carbocycles. The van der Waals surface area contributed by atoms with Crippen molar-refractivity contribution in [2.45, 2.75) is 46.3 Å². The molecule has 1 saturated heterocycles. The van der Waals surface area contributed by atoms with Crippen LogP contribution in [0, 0.1) is 0 Å². The fourth-order valence-corrected chi connectivity index (χ4v) is 3.56. The van der Waals surface area contributed by atoms with Crippen molar-refractivity contribution in [3.63, 3.8) is 0 Å². The molecule has 1 aliphatic rings. The highest BCUT2D eigenvalue weighted by Gasteiger charge is 2.19. The van der Waals surface area contributed by atoms with Crippen LogP contribution in [0.4, 0.5) is 0 Å². The molecule has 0 spiro atoms. The Balaban J connectivity index is 0.00000341. The van der Waals surface area contributed by atoms with Crippen LogP contribution in [0.1, 0.15) is 43.4 Å². The molecule has 3 rings (SSSR count). The molecule has 0 aliphatic carbocycles. The Hall–Kier alpha value is -2.29. The number of nitrogens with one attached hydrogen (secondary N) is 2. The summed E-state index contributed by atoms with van der Waals surface area (Å²) in [5, 5.41) is 6.69. The number of likely N-dealkylation sites (tertiary alicyclic amines) is 1. The standard InChI is InChI=1S/C24H32N4O2.HI/c1-3-25-24(27-17-21-11-5-6-12-22(21)30-4-2)26-16-19-9-7-10-20(15-19)18-28-14-8-13-23(28)29;/h5-7,9-12,15H,3-4,8,13-14,16-18H2,1-2H3,(H2,25,26,27);1H. The van der Waals surface area contributed by atoms with Gasteiger partial charge in [0, 0.05) is 38.2 Å². The van der Waals surface area contributed by atoms with E-state index >= 15 is 0 Å². The van der Waals surface area contributed by atoms with Crippen molar-refractivity contribution in [1.29, 1.82) is 0 Å². The predicted molar refractivity (Wildman–Crippen MR) is 136 cm³/mol. The lowest BCUT2D eigenvalue weighted by Crippen LogP contribution is -2.36. The predicted octanol–water partition coefficient (Wildman–Crippen LogP) is 4.08. The molecule has 0 bridgehead atoms. The van der Waals surface area contributed by atoms with Crippen molar-refractivity contribution >= 4 is 35.8 Å². The first-order valence-electron chi connectivity index (χ1n) is 10.8. The molecule has 0 unspecified atom stereocenters. The molecule has 6 nitrogen and oxygen atoms in total. The summed E-state index contributed by atoms with van der Waals surface area (Å²) < 4.78 is 5.71. The largest absolute Gasteiger partial charge is 0.494 e. The summed E-state index contributed by atoms with van der Waals surface area (Å²) in [6.07, 6.45) is 1.64. The molecular formula is C24H33IN4O2. The number of halogens is 1. The van der Waals surface area contributed by atoms with E-state index in [4.69, 9.17) is 9.73 Å². The van der Waals surface area contributed by atoms with Gasteiger partial charge >= 0.3 is 0 Å². The first-order valence-corrected chi connectivity index (χ1v) is 10.8. The molecule has 1 amide bonds. The molecule has 0 saturated carbocycles. The SMILES string of the molecule is CCNC(=NCc1cccc(CN2CCCC2=O)c1)NCc1ccccc1OCC.I. The molecule has 0 radical (unpaired) electrons.